The first kappa shape index (κ1) is 13.1. The van der Waals surface area contributed by atoms with Crippen LogP contribution in [0.1, 0.15) is 10.4 Å². The second kappa shape index (κ2) is 5.56. The van der Waals surface area contributed by atoms with Gasteiger partial charge in [-0.1, -0.05) is 17.7 Å². The molecule has 1 saturated heterocycles. The van der Waals surface area contributed by atoms with E-state index in [9.17, 15) is 4.79 Å². The van der Waals surface area contributed by atoms with Crippen molar-refractivity contribution < 1.29 is 4.79 Å². The Morgan fingerprint density at radius 1 is 1.33 bits per heavy atom. The van der Waals surface area contributed by atoms with Crippen LogP contribution >= 0.6 is 11.6 Å². The van der Waals surface area contributed by atoms with Crippen LogP contribution < -0.4 is 11.2 Å². The van der Waals surface area contributed by atoms with Gasteiger partial charge < -0.3 is 10.6 Å². The molecule has 1 amide bonds. The molecule has 98 valence electrons. The summed E-state index contributed by atoms with van der Waals surface area (Å²) >= 11 is 6.02. The van der Waals surface area contributed by atoms with Crippen molar-refractivity contribution in [3.05, 3.63) is 28.8 Å². The lowest BCUT2D eigenvalue weighted by atomic mass is 10.2. The first-order valence-electron chi connectivity index (χ1n) is 5.86. The Bertz CT molecular complexity index is 444. The third kappa shape index (κ3) is 2.93. The highest BCUT2D eigenvalue weighted by Gasteiger charge is 2.18. The number of likely N-dealkylation sites (N-methyl/N-ethyl adjacent to an activating group) is 1. The molecule has 1 heterocycles. The quantitative estimate of drug-likeness (QED) is 0.780. The molecule has 18 heavy (non-hydrogen) atoms. The van der Waals surface area contributed by atoms with E-state index in [2.05, 4.69) is 17.4 Å². The second-order valence-electron chi connectivity index (χ2n) is 4.44. The van der Waals surface area contributed by atoms with Crippen LogP contribution in [0.2, 0.25) is 5.02 Å². The number of nitrogens with zero attached hydrogens (tertiary/aromatic N) is 2. The fourth-order valence-electron chi connectivity index (χ4n) is 1.85. The monoisotopic (exact) mass is 268 g/mol. The van der Waals surface area contributed by atoms with Crippen LogP contribution in [0.5, 0.6) is 0 Å². The van der Waals surface area contributed by atoms with Crippen molar-refractivity contribution in [3.8, 4) is 0 Å². The first-order valence-corrected chi connectivity index (χ1v) is 6.24. The predicted molar refractivity (Wildman–Crippen MR) is 72.4 cm³/mol. The van der Waals surface area contributed by atoms with Crippen molar-refractivity contribution in [2.75, 3.05) is 39.0 Å². The van der Waals surface area contributed by atoms with E-state index in [0.29, 0.717) is 16.3 Å². The summed E-state index contributed by atoms with van der Waals surface area (Å²) in [6.45, 7) is 3.49. The van der Waals surface area contributed by atoms with E-state index in [1.165, 1.54) is 0 Å². The molecule has 0 aliphatic carbocycles. The maximum atomic E-state index is 12.1. The number of nitrogen functional groups attached to an aromatic ring is 1. The number of nitrogens with two attached hydrogens (primary N) is 1. The minimum atomic E-state index is -0.211. The fourth-order valence-corrected chi connectivity index (χ4v) is 2.06. The molecule has 0 spiro atoms. The Balaban J connectivity index is 2.01. The van der Waals surface area contributed by atoms with Gasteiger partial charge in [0.05, 0.1) is 16.3 Å². The number of nitrogens with one attached hydrogen (secondary N) is 1. The molecule has 0 atom stereocenters. The predicted octanol–water partition coefficient (Wildman–Crippen LogP) is 0.814. The van der Waals surface area contributed by atoms with Crippen molar-refractivity contribution in [3.63, 3.8) is 0 Å². The molecule has 0 bridgehead atoms. The average molecular weight is 269 g/mol. The highest BCUT2D eigenvalue weighted by Crippen LogP contribution is 2.22. The molecule has 1 aromatic rings. The Morgan fingerprint density at radius 2 is 2.00 bits per heavy atom. The number of piperazine rings is 1. The summed E-state index contributed by atoms with van der Waals surface area (Å²) in [5, 5.41) is 2.21. The highest BCUT2D eigenvalue weighted by atomic mass is 35.5. The van der Waals surface area contributed by atoms with Gasteiger partial charge in [-0.15, -0.1) is 0 Å². The van der Waals surface area contributed by atoms with E-state index in [1.807, 2.05) is 5.01 Å². The maximum absolute atomic E-state index is 12.1. The van der Waals surface area contributed by atoms with Gasteiger partial charge >= 0.3 is 0 Å². The Morgan fingerprint density at radius 3 is 2.67 bits per heavy atom. The highest BCUT2D eigenvalue weighted by molar-refractivity contribution is 6.36. The van der Waals surface area contributed by atoms with E-state index >= 15 is 0 Å². The number of rotatable bonds is 2. The van der Waals surface area contributed by atoms with Crippen LogP contribution in [0.25, 0.3) is 0 Å². The summed E-state index contributed by atoms with van der Waals surface area (Å²) in [7, 11) is 2.06. The standard InChI is InChI=1S/C12H17ClN4O/c1-16-5-7-17(8-6-16)15-12(18)9-3-2-4-10(14)11(9)13/h2-4H,5-8,14H2,1H3,(H,15,18). The number of hydrazine groups is 1. The van der Waals surface area contributed by atoms with Crippen molar-refractivity contribution in [2.24, 2.45) is 0 Å². The lowest BCUT2D eigenvalue weighted by Crippen LogP contribution is -2.52. The number of halogens is 1. The van der Waals surface area contributed by atoms with Gasteiger partial charge in [0.25, 0.3) is 5.91 Å². The average Bonchev–Trinajstić information content (AvgIpc) is 2.35. The molecule has 0 radical (unpaired) electrons. The molecule has 5 nitrogen and oxygen atoms in total. The minimum Gasteiger partial charge on any atom is -0.398 e. The number of benzene rings is 1. The Kier molecular flexibility index (Phi) is 4.06. The maximum Gasteiger partial charge on any atom is 0.267 e. The zero-order chi connectivity index (χ0) is 13.1. The van der Waals surface area contributed by atoms with Crippen molar-refractivity contribution in [2.45, 2.75) is 0 Å². The van der Waals surface area contributed by atoms with Gasteiger partial charge in [-0.2, -0.15) is 0 Å². The number of carbonyl (C=O) groups is 1. The molecule has 0 saturated carbocycles. The SMILES string of the molecule is CN1CCN(NC(=O)c2cccc(N)c2Cl)CC1. The van der Waals surface area contributed by atoms with E-state index < -0.39 is 0 Å². The molecule has 1 aliphatic heterocycles. The lowest BCUT2D eigenvalue weighted by Gasteiger charge is -2.32. The Labute approximate surface area is 111 Å². The summed E-state index contributed by atoms with van der Waals surface area (Å²) in [4.78, 5) is 14.3. The largest absolute Gasteiger partial charge is 0.398 e. The molecule has 1 aliphatic rings. The summed E-state index contributed by atoms with van der Waals surface area (Å²) in [5.41, 5.74) is 9.36. The molecule has 0 unspecified atom stereocenters. The zero-order valence-corrected chi connectivity index (χ0v) is 11.1. The van der Waals surface area contributed by atoms with Crippen LogP contribution in [-0.2, 0) is 0 Å². The molecular formula is C12H17ClN4O. The molecule has 1 aromatic carbocycles. The third-order valence-corrected chi connectivity index (χ3v) is 3.46. The van der Waals surface area contributed by atoms with Gasteiger partial charge in [0.2, 0.25) is 0 Å². The molecule has 3 N–H and O–H groups in total. The van der Waals surface area contributed by atoms with Crippen molar-refractivity contribution >= 4 is 23.2 Å². The van der Waals surface area contributed by atoms with Crippen LogP contribution in [0, 0.1) is 0 Å². The lowest BCUT2D eigenvalue weighted by molar-refractivity contribution is 0.0662. The van der Waals surface area contributed by atoms with Crippen molar-refractivity contribution in [1.29, 1.82) is 0 Å². The smallest absolute Gasteiger partial charge is 0.267 e. The Hall–Kier alpha value is -1.30. The summed E-state index contributed by atoms with van der Waals surface area (Å²) in [6.07, 6.45) is 0. The summed E-state index contributed by atoms with van der Waals surface area (Å²) < 4.78 is 0. The molecule has 6 heteroatoms. The topological polar surface area (TPSA) is 61.6 Å². The second-order valence-corrected chi connectivity index (χ2v) is 4.82. The van der Waals surface area contributed by atoms with Crippen molar-refractivity contribution in [1.82, 2.24) is 15.3 Å². The number of carbonyl (C=O) groups excluding carboxylic acids is 1. The molecule has 2 rings (SSSR count). The third-order valence-electron chi connectivity index (χ3n) is 3.04. The normalized spacial score (nSPS) is 17.7. The van der Waals surface area contributed by atoms with Gasteiger partial charge in [-0.3, -0.25) is 10.2 Å². The van der Waals surface area contributed by atoms with E-state index in [4.69, 9.17) is 17.3 Å². The minimum absolute atomic E-state index is 0.211. The van der Waals surface area contributed by atoms with Crippen LogP contribution in [0.3, 0.4) is 0 Å². The van der Waals surface area contributed by atoms with E-state index in [1.54, 1.807) is 18.2 Å². The fraction of sp³-hybridized carbons (Fsp3) is 0.417. The number of anilines is 1. The van der Waals surface area contributed by atoms with Crippen LogP contribution in [0.4, 0.5) is 5.69 Å². The van der Waals surface area contributed by atoms with E-state index in [-0.39, 0.29) is 5.91 Å². The van der Waals surface area contributed by atoms with Gasteiger partial charge in [0.15, 0.2) is 0 Å². The molecule has 0 aromatic heterocycles. The first-order chi connectivity index (χ1) is 8.58. The van der Waals surface area contributed by atoms with Gasteiger partial charge in [0, 0.05) is 26.2 Å². The molecule has 1 fully saturated rings. The van der Waals surface area contributed by atoms with E-state index in [0.717, 1.165) is 26.2 Å². The van der Waals surface area contributed by atoms with Gasteiger partial charge in [-0.05, 0) is 19.2 Å². The zero-order valence-electron chi connectivity index (χ0n) is 10.3. The number of hydrogen-bond donors (Lipinski definition) is 2. The molecular weight excluding hydrogens is 252 g/mol. The van der Waals surface area contributed by atoms with Crippen LogP contribution in [0.15, 0.2) is 18.2 Å². The van der Waals surface area contributed by atoms with Crippen LogP contribution in [-0.4, -0.2) is 49.0 Å². The summed E-state index contributed by atoms with van der Waals surface area (Å²) in [5.74, 6) is -0.211. The summed E-state index contributed by atoms with van der Waals surface area (Å²) in [6, 6.07) is 5.07. The number of hydrogen-bond acceptors (Lipinski definition) is 4. The van der Waals surface area contributed by atoms with Gasteiger partial charge in [-0.25, -0.2) is 5.01 Å². The number of amides is 1. The van der Waals surface area contributed by atoms with Gasteiger partial charge in [0.1, 0.15) is 0 Å².